The first-order valence-electron chi connectivity index (χ1n) is 7.98. The lowest BCUT2D eigenvalue weighted by Crippen LogP contribution is -2.52. The molecule has 2 heterocycles. The minimum absolute atomic E-state index is 0.191. The highest BCUT2D eigenvalue weighted by Gasteiger charge is 2.33. The van der Waals surface area contributed by atoms with Gasteiger partial charge in [-0.3, -0.25) is 4.79 Å². The van der Waals surface area contributed by atoms with E-state index >= 15 is 0 Å². The van der Waals surface area contributed by atoms with E-state index in [1.807, 2.05) is 20.8 Å². The molecule has 1 atom stereocenters. The first-order chi connectivity index (χ1) is 11.3. The number of carboxylic acid groups (broad SMARTS) is 1. The van der Waals surface area contributed by atoms with Gasteiger partial charge in [-0.1, -0.05) is 13.3 Å². The van der Waals surface area contributed by atoms with Crippen LogP contribution < -0.4 is 5.32 Å². The topological polar surface area (TPSA) is 109 Å². The first-order valence-corrected chi connectivity index (χ1v) is 7.98. The van der Waals surface area contributed by atoms with Crippen LogP contribution in [0.15, 0.2) is 6.33 Å². The number of carbonyl (C=O) groups is 2. The molecule has 2 aromatic heterocycles. The molecule has 8 heteroatoms. The number of fused-ring (bicyclic) bond motifs is 1. The normalized spacial score (nSPS) is 13.7. The quantitative estimate of drug-likeness (QED) is 0.793. The van der Waals surface area contributed by atoms with Crippen LogP contribution in [0.1, 0.15) is 50.1 Å². The predicted octanol–water partition coefficient (Wildman–Crippen LogP) is 1.43. The Labute approximate surface area is 140 Å². The van der Waals surface area contributed by atoms with Gasteiger partial charge in [-0.25, -0.2) is 14.3 Å². The molecule has 0 bridgehead atoms. The van der Waals surface area contributed by atoms with Crippen molar-refractivity contribution in [2.24, 2.45) is 0 Å². The van der Waals surface area contributed by atoms with Crippen LogP contribution in [-0.4, -0.2) is 42.1 Å². The van der Waals surface area contributed by atoms with E-state index in [1.165, 1.54) is 13.3 Å². The number of aromatic nitrogens is 4. The molecule has 1 unspecified atom stereocenters. The summed E-state index contributed by atoms with van der Waals surface area (Å²) in [6, 6.07) is 0. The van der Waals surface area contributed by atoms with Crippen molar-refractivity contribution in [1.82, 2.24) is 24.9 Å². The molecule has 0 aliphatic heterocycles. The fraction of sp³-hybridized carbons (Fsp3) is 0.562. The largest absolute Gasteiger partial charge is 0.480 e. The van der Waals surface area contributed by atoms with Crippen molar-refractivity contribution in [3.63, 3.8) is 0 Å². The van der Waals surface area contributed by atoms with Crippen molar-refractivity contribution in [1.29, 1.82) is 0 Å². The van der Waals surface area contributed by atoms with Gasteiger partial charge >= 0.3 is 5.97 Å². The average Bonchev–Trinajstić information content (AvgIpc) is 2.95. The zero-order valence-corrected chi connectivity index (χ0v) is 14.5. The molecule has 0 saturated carbocycles. The third-order valence-electron chi connectivity index (χ3n) is 4.23. The van der Waals surface area contributed by atoms with Gasteiger partial charge in [0, 0.05) is 17.8 Å². The highest BCUT2D eigenvalue weighted by atomic mass is 16.4. The number of nitrogens with zero attached hydrogens (tertiary/aromatic N) is 4. The Kier molecular flexibility index (Phi) is 5.16. The van der Waals surface area contributed by atoms with E-state index in [4.69, 9.17) is 0 Å². The Morgan fingerprint density at radius 3 is 2.71 bits per heavy atom. The molecule has 0 radical (unpaired) electrons. The van der Waals surface area contributed by atoms with E-state index in [2.05, 4.69) is 20.4 Å². The number of nitrogens with one attached hydrogen (secondary N) is 1. The second kappa shape index (κ2) is 6.94. The molecule has 2 rings (SSSR count). The highest BCUT2D eigenvalue weighted by molar-refractivity contribution is 5.86. The van der Waals surface area contributed by atoms with Crippen LogP contribution in [0.5, 0.6) is 0 Å². The molecule has 130 valence electrons. The number of carboxylic acids is 1. The molecular weight excluding hydrogens is 310 g/mol. The summed E-state index contributed by atoms with van der Waals surface area (Å²) in [7, 11) is 0. The summed E-state index contributed by atoms with van der Waals surface area (Å²) in [6.45, 7) is 7.20. The van der Waals surface area contributed by atoms with E-state index in [0.29, 0.717) is 25.0 Å². The van der Waals surface area contributed by atoms with Crippen molar-refractivity contribution in [3.8, 4) is 0 Å². The van der Waals surface area contributed by atoms with E-state index in [1.54, 1.807) is 4.52 Å². The van der Waals surface area contributed by atoms with Crippen molar-refractivity contribution in [2.75, 3.05) is 0 Å². The minimum Gasteiger partial charge on any atom is -0.480 e. The number of amides is 1. The molecule has 8 nitrogen and oxygen atoms in total. The van der Waals surface area contributed by atoms with Crippen molar-refractivity contribution in [3.05, 3.63) is 23.3 Å². The standard InChI is InChI=1S/C16H23N5O3/c1-5-8-16(4,14(23)24)20-13(22)7-6-12-10(2)19-15-17-9-18-21(15)11(12)3/h9H,5-8H2,1-4H3,(H,20,22)(H,23,24). The van der Waals surface area contributed by atoms with E-state index in [0.717, 1.165) is 17.0 Å². The van der Waals surface area contributed by atoms with Crippen LogP contribution in [-0.2, 0) is 16.0 Å². The number of rotatable bonds is 7. The van der Waals surface area contributed by atoms with E-state index in [9.17, 15) is 14.7 Å². The maximum atomic E-state index is 12.2. The molecule has 2 aromatic rings. The zero-order valence-electron chi connectivity index (χ0n) is 14.5. The van der Waals surface area contributed by atoms with E-state index in [-0.39, 0.29) is 12.3 Å². The molecular formula is C16H23N5O3. The van der Waals surface area contributed by atoms with Crippen LogP contribution in [0.2, 0.25) is 0 Å². The molecule has 1 amide bonds. The van der Waals surface area contributed by atoms with Crippen molar-refractivity contribution >= 4 is 17.7 Å². The summed E-state index contributed by atoms with van der Waals surface area (Å²) in [5, 5.41) is 16.1. The second-order valence-corrected chi connectivity index (χ2v) is 6.17. The van der Waals surface area contributed by atoms with Crippen molar-refractivity contribution < 1.29 is 14.7 Å². The molecule has 24 heavy (non-hydrogen) atoms. The summed E-state index contributed by atoms with van der Waals surface area (Å²) in [5.41, 5.74) is 1.38. The molecule has 0 aliphatic rings. The van der Waals surface area contributed by atoms with Gasteiger partial charge in [-0.15, -0.1) is 0 Å². The van der Waals surface area contributed by atoms with Gasteiger partial charge in [0.25, 0.3) is 5.78 Å². The lowest BCUT2D eigenvalue weighted by Gasteiger charge is -2.25. The third kappa shape index (κ3) is 3.52. The molecule has 0 fully saturated rings. The number of hydrogen-bond donors (Lipinski definition) is 2. The fourth-order valence-electron chi connectivity index (χ4n) is 2.85. The van der Waals surface area contributed by atoms with Crippen molar-refractivity contribution in [2.45, 2.75) is 58.9 Å². The maximum Gasteiger partial charge on any atom is 0.329 e. The summed E-state index contributed by atoms with van der Waals surface area (Å²) in [4.78, 5) is 32.1. The number of carbonyl (C=O) groups excluding carboxylic acids is 1. The minimum atomic E-state index is -1.23. The van der Waals surface area contributed by atoms with Crippen LogP contribution in [0.25, 0.3) is 5.78 Å². The lowest BCUT2D eigenvalue weighted by atomic mass is 9.95. The smallest absolute Gasteiger partial charge is 0.329 e. The summed E-state index contributed by atoms with van der Waals surface area (Å²) in [6.07, 6.45) is 3.16. The maximum absolute atomic E-state index is 12.2. The Bertz CT molecular complexity index is 770. The van der Waals surface area contributed by atoms with Crippen LogP contribution >= 0.6 is 0 Å². The molecule has 0 aromatic carbocycles. The predicted molar refractivity (Wildman–Crippen MR) is 87.7 cm³/mol. The Morgan fingerprint density at radius 1 is 1.38 bits per heavy atom. The number of aryl methyl sites for hydroxylation is 2. The Hall–Kier alpha value is -2.51. The first kappa shape index (κ1) is 17.8. The average molecular weight is 333 g/mol. The van der Waals surface area contributed by atoms with Gasteiger partial charge in [0.2, 0.25) is 5.91 Å². The number of aliphatic carboxylic acids is 1. The lowest BCUT2D eigenvalue weighted by molar-refractivity contribution is -0.147. The number of hydrogen-bond acceptors (Lipinski definition) is 5. The summed E-state index contributed by atoms with van der Waals surface area (Å²) >= 11 is 0. The molecule has 0 saturated heterocycles. The molecule has 2 N–H and O–H groups in total. The van der Waals surface area contributed by atoms with Gasteiger partial charge in [0.05, 0.1) is 0 Å². The van der Waals surface area contributed by atoms with Crippen LogP contribution in [0, 0.1) is 13.8 Å². The van der Waals surface area contributed by atoms with Gasteiger partial charge in [0.15, 0.2) is 0 Å². The third-order valence-corrected chi connectivity index (χ3v) is 4.23. The Morgan fingerprint density at radius 2 is 2.08 bits per heavy atom. The fourth-order valence-corrected chi connectivity index (χ4v) is 2.85. The van der Waals surface area contributed by atoms with Crippen LogP contribution in [0.4, 0.5) is 0 Å². The Balaban J connectivity index is 2.10. The van der Waals surface area contributed by atoms with Gasteiger partial charge in [-0.05, 0) is 39.2 Å². The monoisotopic (exact) mass is 333 g/mol. The van der Waals surface area contributed by atoms with E-state index < -0.39 is 11.5 Å². The van der Waals surface area contributed by atoms with Gasteiger partial charge in [-0.2, -0.15) is 10.1 Å². The van der Waals surface area contributed by atoms with Gasteiger partial charge in [0.1, 0.15) is 11.9 Å². The van der Waals surface area contributed by atoms with Gasteiger partial charge < -0.3 is 10.4 Å². The molecule has 0 spiro atoms. The highest BCUT2D eigenvalue weighted by Crippen LogP contribution is 2.16. The SMILES string of the molecule is CCCC(C)(NC(=O)CCc1c(C)nc2ncnn2c1C)C(=O)O. The summed E-state index contributed by atoms with van der Waals surface area (Å²) < 4.78 is 1.64. The second-order valence-electron chi connectivity index (χ2n) is 6.17. The molecule has 0 aliphatic carbocycles. The van der Waals surface area contributed by atoms with Crippen LogP contribution in [0.3, 0.4) is 0 Å². The zero-order chi connectivity index (χ0) is 17.9. The summed E-state index contributed by atoms with van der Waals surface area (Å²) in [5.74, 6) is -0.777.